The summed E-state index contributed by atoms with van der Waals surface area (Å²) < 4.78 is 13.1. The molecule has 0 aromatic heterocycles. The number of carbonyl (C=O) groups is 5. The molecule has 0 unspecified atom stereocenters. The van der Waals surface area contributed by atoms with Crippen molar-refractivity contribution in [2.24, 2.45) is 23.0 Å². The molecule has 5 amide bonds. The summed E-state index contributed by atoms with van der Waals surface area (Å²) in [5, 5.41) is 22.7. The fourth-order valence-corrected chi connectivity index (χ4v) is 11.4. The Morgan fingerprint density at radius 2 is 1.60 bits per heavy atom. The number of nitrogens with two attached hydrogens (primary N) is 1. The van der Waals surface area contributed by atoms with Gasteiger partial charge in [0.25, 0.3) is 5.91 Å². The van der Waals surface area contributed by atoms with Crippen LogP contribution in [0, 0.1) is 17.3 Å². The summed E-state index contributed by atoms with van der Waals surface area (Å²) in [7, 11) is 0.869. The Bertz CT molecular complexity index is 2330. The summed E-state index contributed by atoms with van der Waals surface area (Å²) in [6.45, 7) is 12.7. The van der Waals surface area contributed by atoms with Crippen LogP contribution in [-0.2, 0) is 41.3 Å². The molecule has 0 spiro atoms. The number of nitrogens with one attached hydrogen (secondary N) is 4. The SMILES string of the molecule is CCCCc1ccc(-c2ccc(C(=O)N[C@@H](CCCCN)C(=O)N(C)[C@@H]3C(=O)N[C@@H](C)C(=O)N[C@H](C(=O)N[C@@H](C)B4O[C@@H]5C[C@@H]6C[C@@H](C6(C)C)[C@]5(C)O4)CCCCCCc4cc3ccc4O)cc2)cc1. The quantitative estimate of drug-likeness (QED) is 0.0679. The summed E-state index contributed by atoms with van der Waals surface area (Å²) in [5.74, 6) is -2.01. The Labute approximate surface area is 415 Å². The van der Waals surface area contributed by atoms with Crippen molar-refractivity contribution in [1.82, 2.24) is 26.2 Å². The van der Waals surface area contributed by atoms with Crippen LogP contribution in [0.5, 0.6) is 5.75 Å². The third kappa shape index (κ3) is 11.7. The highest BCUT2D eigenvalue weighted by atomic mass is 16.7. The van der Waals surface area contributed by atoms with Crippen LogP contribution in [0.1, 0.15) is 152 Å². The van der Waals surface area contributed by atoms with Gasteiger partial charge in [-0.05, 0) is 161 Å². The summed E-state index contributed by atoms with van der Waals surface area (Å²) in [5.41, 5.74) is 10.3. The average molecular weight is 961 g/mol. The zero-order valence-electron chi connectivity index (χ0n) is 42.5. The lowest BCUT2D eigenvalue weighted by Crippen LogP contribution is -2.65. The highest BCUT2D eigenvalue weighted by molar-refractivity contribution is 6.47. The van der Waals surface area contributed by atoms with Gasteiger partial charge >= 0.3 is 7.12 Å². The number of aryl methyl sites for hydroxylation is 2. The Kier molecular flexibility index (Phi) is 17.2. The molecule has 5 aliphatic rings. The van der Waals surface area contributed by atoms with Gasteiger partial charge in [0.2, 0.25) is 23.6 Å². The first kappa shape index (κ1) is 52.6. The van der Waals surface area contributed by atoms with E-state index in [0.717, 1.165) is 62.5 Å². The first-order valence-corrected chi connectivity index (χ1v) is 26.0. The number of hydrogen-bond donors (Lipinski definition) is 6. The number of rotatable bonds is 15. The second-order valence-electron chi connectivity index (χ2n) is 21.3. The van der Waals surface area contributed by atoms with Crippen molar-refractivity contribution in [2.45, 2.75) is 173 Å². The molecule has 2 aliphatic heterocycles. The van der Waals surface area contributed by atoms with Gasteiger partial charge < -0.3 is 46.3 Å². The van der Waals surface area contributed by atoms with E-state index in [9.17, 15) is 29.1 Å². The number of benzene rings is 3. The van der Waals surface area contributed by atoms with Gasteiger partial charge in [-0.1, -0.05) is 88.9 Å². The van der Waals surface area contributed by atoms with Gasteiger partial charge in [-0.15, -0.1) is 0 Å². The molecule has 8 rings (SSSR count). The molecule has 3 aliphatic carbocycles. The second-order valence-corrected chi connectivity index (χ2v) is 21.3. The highest BCUT2D eigenvalue weighted by Gasteiger charge is 2.68. The van der Waals surface area contributed by atoms with Gasteiger partial charge in [0.1, 0.15) is 29.9 Å². The van der Waals surface area contributed by atoms with Gasteiger partial charge in [0, 0.05) is 12.6 Å². The minimum Gasteiger partial charge on any atom is -0.508 e. The summed E-state index contributed by atoms with van der Waals surface area (Å²) in [6, 6.07) is 16.3. The molecule has 4 fully saturated rings. The van der Waals surface area contributed by atoms with Gasteiger partial charge in [-0.2, -0.15) is 0 Å². The van der Waals surface area contributed by atoms with Crippen LogP contribution in [-0.4, -0.2) is 96.0 Å². The standard InChI is InChI=1S/C55H77BN6O8/c1-8-9-16-36-20-22-37(23-21-36)38-24-26-39(27-25-38)50(65)61-44(19-14-15-30-57)53(68)62(7)48-41-28-29-45(63)40(31-41)17-12-10-11-13-18-43(60-49(64)34(2)58-52(48)67)51(66)59-35(3)56-69-47-33-42-32-46(54(42,4)5)55(47,6)70-56/h20-29,31,34-35,42-44,46-48,63H,8-19,30,32-33,57H2,1-7H3,(H,58,67)(H,59,66)(H,60,64)(H,61,65)/t34-,35-,42-,43-,44-,46-,47+,48-,55-/m0/s1. The number of likely N-dealkylation sites (N-methyl/N-ethyl adjacent to an activating group) is 1. The van der Waals surface area contributed by atoms with E-state index in [1.807, 2.05) is 19.1 Å². The Balaban J connectivity index is 1.06. The van der Waals surface area contributed by atoms with E-state index in [1.165, 1.54) is 30.5 Å². The minimum atomic E-state index is -1.26. The Morgan fingerprint density at radius 3 is 2.29 bits per heavy atom. The Hall–Kier alpha value is -5.25. The molecule has 0 radical (unpaired) electrons. The zero-order valence-corrected chi connectivity index (χ0v) is 42.5. The smallest absolute Gasteiger partial charge is 0.481 e. The van der Waals surface area contributed by atoms with Crippen LogP contribution in [0.4, 0.5) is 0 Å². The van der Waals surface area contributed by atoms with Crippen molar-refractivity contribution in [3.8, 4) is 16.9 Å². The first-order valence-electron chi connectivity index (χ1n) is 26.0. The third-order valence-corrected chi connectivity index (χ3v) is 16.0. The summed E-state index contributed by atoms with van der Waals surface area (Å²) in [4.78, 5) is 72.5. The second kappa shape index (κ2) is 22.9. The van der Waals surface area contributed by atoms with E-state index < -0.39 is 66.5 Å². The fraction of sp³-hybridized carbons (Fsp3) is 0.582. The topological polar surface area (TPSA) is 201 Å². The van der Waals surface area contributed by atoms with Crippen LogP contribution in [0.25, 0.3) is 11.1 Å². The monoisotopic (exact) mass is 961 g/mol. The molecule has 14 nitrogen and oxygen atoms in total. The van der Waals surface area contributed by atoms with Crippen LogP contribution in [0.2, 0.25) is 0 Å². The maximum Gasteiger partial charge on any atom is 0.481 e. The van der Waals surface area contributed by atoms with Gasteiger partial charge in [0.05, 0.1) is 17.6 Å². The molecule has 3 saturated carbocycles. The number of amides is 5. The number of phenols is 1. The number of fused-ring (bicyclic) bond motifs is 2. The van der Waals surface area contributed by atoms with E-state index in [2.05, 4.69) is 73.2 Å². The number of hydrogen-bond acceptors (Lipinski definition) is 9. The summed E-state index contributed by atoms with van der Waals surface area (Å²) in [6.07, 6.45) is 10.5. The van der Waals surface area contributed by atoms with E-state index in [1.54, 1.807) is 24.3 Å². The summed E-state index contributed by atoms with van der Waals surface area (Å²) >= 11 is 0. The third-order valence-electron chi connectivity index (χ3n) is 16.0. The number of nitrogens with zero attached hydrogens (tertiary/aromatic N) is 1. The van der Waals surface area contributed by atoms with Crippen molar-refractivity contribution >= 4 is 36.7 Å². The molecule has 15 heteroatoms. The maximum absolute atomic E-state index is 14.7. The molecule has 378 valence electrons. The van der Waals surface area contributed by atoms with Gasteiger partial charge in [0.15, 0.2) is 0 Å². The predicted molar refractivity (Wildman–Crippen MR) is 272 cm³/mol. The number of phenolic OH excluding ortho intramolecular Hbond substituents is 1. The maximum atomic E-state index is 14.7. The van der Waals surface area contributed by atoms with E-state index in [4.69, 9.17) is 15.0 Å². The van der Waals surface area contributed by atoms with E-state index in [-0.39, 0.29) is 29.6 Å². The van der Waals surface area contributed by atoms with E-state index in [0.29, 0.717) is 67.2 Å². The Morgan fingerprint density at radius 1 is 0.900 bits per heavy atom. The predicted octanol–water partition coefficient (Wildman–Crippen LogP) is 7.10. The molecule has 70 heavy (non-hydrogen) atoms. The van der Waals surface area contributed by atoms with E-state index >= 15 is 0 Å². The van der Waals surface area contributed by atoms with Crippen LogP contribution in [0.3, 0.4) is 0 Å². The lowest BCUT2D eigenvalue weighted by Gasteiger charge is -2.64. The molecule has 1 saturated heterocycles. The van der Waals surface area contributed by atoms with Crippen molar-refractivity contribution in [1.29, 1.82) is 0 Å². The largest absolute Gasteiger partial charge is 0.508 e. The number of unbranched alkanes of at least 4 members (excludes halogenated alkanes) is 2. The molecule has 9 atom stereocenters. The van der Waals surface area contributed by atoms with Crippen molar-refractivity contribution < 1.29 is 38.4 Å². The molecule has 3 aromatic carbocycles. The molecule has 2 heterocycles. The average Bonchev–Trinajstić information content (AvgIpc) is 3.71. The zero-order chi connectivity index (χ0) is 50.3. The van der Waals surface area contributed by atoms with Crippen LogP contribution in [0.15, 0.2) is 66.7 Å². The number of aromatic hydroxyl groups is 1. The lowest BCUT2D eigenvalue weighted by molar-refractivity contribution is -0.199. The minimum absolute atomic E-state index is 0.0459. The van der Waals surface area contributed by atoms with Crippen molar-refractivity contribution in [2.75, 3.05) is 13.6 Å². The highest BCUT2D eigenvalue weighted by Crippen LogP contribution is 2.65. The lowest BCUT2D eigenvalue weighted by atomic mass is 9.43. The molecular weight excluding hydrogens is 883 g/mol. The normalized spacial score (nSPS) is 26.4. The van der Waals surface area contributed by atoms with Gasteiger partial charge in [-0.3, -0.25) is 24.0 Å². The van der Waals surface area contributed by atoms with Crippen LogP contribution >= 0.6 is 0 Å². The fourth-order valence-electron chi connectivity index (χ4n) is 11.4. The molecule has 7 N–H and O–H groups in total. The first-order chi connectivity index (χ1) is 33.4. The molecular formula is C55H77BN6O8. The van der Waals surface area contributed by atoms with Crippen molar-refractivity contribution in [3.63, 3.8) is 0 Å². The number of carbonyl (C=O) groups excluding carboxylic acids is 5. The molecule has 4 bridgehead atoms. The van der Waals surface area contributed by atoms with Gasteiger partial charge in [-0.25, -0.2) is 0 Å². The molecule has 3 aromatic rings. The van der Waals surface area contributed by atoms with Crippen molar-refractivity contribution in [3.05, 3.63) is 89.0 Å². The van der Waals surface area contributed by atoms with Crippen LogP contribution < -0.4 is 27.0 Å².